The summed E-state index contributed by atoms with van der Waals surface area (Å²) in [5.41, 5.74) is 5.07. The highest BCUT2D eigenvalue weighted by atomic mass is 16.2. The quantitative estimate of drug-likeness (QED) is 0.610. The maximum absolute atomic E-state index is 12.2. The molecule has 0 aliphatic carbocycles. The van der Waals surface area contributed by atoms with Gasteiger partial charge >= 0.3 is 6.03 Å². The predicted molar refractivity (Wildman–Crippen MR) is 72.6 cm³/mol. The van der Waals surface area contributed by atoms with Crippen LogP contribution in [0.15, 0.2) is 0 Å². The van der Waals surface area contributed by atoms with Gasteiger partial charge in [-0.15, -0.1) is 0 Å². The van der Waals surface area contributed by atoms with Gasteiger partial charge in [0.2, 0.25) is 5.91 Å². The first-order chi connectivity index (χ1) is 9.34. The third-order valence-corrected chi connectivity index (χ3v) is 3.99. The predicted octanol–water partition coefficient (Wildman–Crippen LogP) is -0.440. The fraction of sp³-hybridized carbons (Fsp3) is 0.769. The molecule has 2 saturated heterocycles. The van der Waals surface area contributed by atoms with Gasteiger partial charge in [-0.25, -0.2) is 4.79 Å². The van der Waals surface area contributed by atoms with E-state index in [-0.39, 0.29) is 11.8 Å². The Labute approximate surface area is 118 Å². The van der Waals surface area contributed by atoms with Gasteiger partial charge in [0.15, 0.2) is 0 Å². The second-order valence-corrected chi connectivity index (χ2v) is 6.05. The Balaban J connectivity index is 1.93. The average Bonchev–Trinajstić information content (AvgIpc) is 2.63. The molecule has 0 saturated carbocycles. The van der Waals surface area contributed by atoms with Crippen LogP contribution in [0, 0.1) is 5.92 Å². The third kappa shape index (κ3) is 2.77. The van der Waals surface area contributed by atoms with Gasteiger partial charge in [0.25, 0.3) is 5.91 Å². The van der Waals surface area contributed by atoms with Crippen molar-refractivity contribution in [2.24, 2.45) is 11.7 Å². The van der Waals surface area contributed by atoms with E-state index in [1.165, 1.54) is 0 Å². The first-order valence-electron chi connectivity index (χ1n) is 7.02. The molecule has 112 valence electrons. The van der Waals surface area contributed by atoms with E-state index in [0.717, 1.165) is 0 Å². The van der Waals surface area contributed by atoms with Gasteiger partial charge in [0, 0.05) is 13.1 Å². The van der Waals surface area contributed by atoms with E-state index < -0.39 is 17.6 Å². The van der Waals surface area contributed by atoms with Crippen LogP contribution in [0.25, 0.3) is 0 Å². The molecule has 2 rings (SSSR count). The van der Waals surface area contributed by atoms with Crippen LogP contribution in [-0.4, -0.2) is 47.4 Å². The van der Waals surface area contributed by atoms with Crippen LogP contribution in [0.3, 0.4) is 0 Å². The largest absolute Gasteiger partial charge is 0.341 e. The van der Waals surface area contributed by atoms with E-state index in [9.17, 15) is 14.4 Å². The Kier molecular flexibility index (Phi) is 3.99. The summed E-state index contributed by atoms with van der Waals surface area (Å²) in [5.74, 6) is 0.00402. The SMILES string of the molecule is CC(C)CC(N)C(=O)N1CCC2(CC1)NC(=O)NC2=O. The summed E-state index contributed by atoms with van der Waals surface area (Å²) in [5, 5.41) is 4.92. The van der Waals surface area contributed by atoms with Crippen LogP contribution in [0.1, 0.15) is 33.1 Å². The first kappa shape index (κ1) is 14.8. The molecule has 4 N–H and O–H groups in total. The van der Waals surface area contributed by atoms with E-state index in [4.69, 9.17) is 5.73 Å². The Hall–Kier alpha value is -1.63. The lowest BCUT2D eigenvalue weighted by atomic mass is 9.87. The summed E-state index contributed by atoms with van der Waals surface area (Å²) in [7, 11) is 0. The summed E-state index contributed by atoms with van der Waals surface area (Å²) in [6.45, 7) is 4.93. The van der Waals surface area contributed by atoms with E-state index in [1.807, 2.05) is 13.8 Å². The van der Waals surface area contributed by atoms with E-state index in [2.05, 4.69) is 10.6 Å². The molecule has 7 heteroatoms. The summed E-state index contributed by atoms with van der Waals surface area (Å²) >= 11 is 0. The summed E-state index contributed by atoms with van der Waals surface area (Å²) in [4.78, 5) is 36.9. The summed E-state index contributed by atoms with van der Waals surface area (Å²) in [6, 6.07) is -0.942. The highest BCUT2D eigenvalue weighted by molar-refractivity contribution is 6.07. The topological polar surface area (TPSA) is 105 Å². The van der Waals surface area contributed by atoms with Gasteiger partial charge in [0.05, 0.1) is 6.04 Å². The lowest BCUT2D eigenvalue weighted by Crippen LogP contribution is -2.57. The molecule has 0 aromatic heterocycles. The molecule has 1 spiro atoms. The van der Waals surface area contributed by atoms with Crippen molar-refractivity contribution in [3.05, 3.63) is 0 Å². The van der Waals surface area contributed by atoms with E-state index in [1.54, 1.807) is 4.90 Å². The number of piperidine rings is 1. The maximum Gasteiger partial charge on any atom is 0.322 e. The normalized spacial score (nSPS) is 22.9. The lowest BCUT2D eigenvalue weighted by molar-refractivity contribution is -0.137. The number of hydrogen-bond donors (Lipinski definition) is 3. The second kappa shape index (κ2) is 5.40. The number of carbonyl (C=O) groups is 3. The van der Waals surface area contributed by atoms with Crippen molar-refractivity contribution in [1.29, 1.82) is 0 Å². The number of nitrogens with one attached hydrogen (secondary N) is 2. The smallest absolute Gasteiger partial charge is 0.322 e. The van der Waals surface area contributed by atoms with Crippen molar-refractivity contribution >= 4 is 17.8 Å². The summed E-state index contributed by atoms with van der Waals surface area (Å²) < 4.78 is 0. The van der Waals surface area contributed by atoms with Crippen molar-refractivity contribution in [1.82, 2.24) is 15.5 Å². The zero-order chi connectivity index (χ0) is 14.9. The maximum atomic E-state index is 12.2. The monoisotopic (exact) mass is 282 g/mol. The van der Waals surface area contributed by atoms with Gasteiger partial charge in [-0.05, 0) is 25.2 Å². The second-order valence-electron chi connectivity index (χ2n) is 6.05. The Bertz CT molecular complexity index is 427. The van der Waals surface area contributed by atoms with Crippen molar-refractivity contribution in [3.63, 3.8) is 0 Å². The zero-order valence-electron chi connectivity index (χ0n) is 11.9. The van der Waals surface area contributed by atoms with Crippen molar-refractivity contribution in [2.45, 2.75) is 44.7 Å². The fourth-order valence-electron chi connectivity index (χ4n) is 2.83. The molecular weight excluding hydrogens is 260 g/mol. The standard InChI is InChI=1S/C13H22N4O3/c1-8(2)7-9(14)10(18)17-5-3-13(4-6-17)11(19)15-12(20)16-13/h8-9H,3-7,14H2,1-2H3,(H2,15,16,19,20). The number of nitrogens with zero attached hydrogens (tertiary/aromatic N) is 1. The molecule has 4 amide bonds. The van der Waals surface area contributed by atoms with Crippen molar-refractivity contribution in [3.8, 4) is 0 Å². The number of urea groups is 1. The molecule has 2 aliphatic rings. The molecule has 0 bridgehead atoms. The zero-order valence-corrected chi connectivity index (χ0v) is 11.9. The molecule has 2 heterocycles. The lowest BCUT2D eigenvalue weighted by Gasteiger charge is -2.38. The van der Waals surface area contributed by atoms with Gasteiger partial charge in [0.1, 0.15) is 5.54 Å². The van der Waals surface area contributed by atoms with Crippen molar-refractivity contribution < 1.29 is 14.4 Å². The molecule has 1 unspecified atom stereocenters. The molecule has 2 fully saturated rings. The van der Waals surface area contributed by atoms with Crippen LogP contribution in [0.5, 0.6) is 0 Å². The molecule has 20 heavy (non-hydrogen) atoms. The number of amides is 4. The Morgan fingerprint density at radius 2 is 1.95 bits per heavy atom. The number of carbonyl (C=O) groups excluding carboxylic acids is 3. The third-order valence-electron chi connectivity index (χ3n) is 3.99. The number of nitrogens with two attached hydrogens (primary N) is 1. The van der Waals surface area contributed by atoms with Crippen LogP contribution in [0.4, 0.5) is 4.79 Å². The van der Waals surface area contributed by atoms with Crippen LogP contribution in [-0.2, 0) is 9.59 Å². The molecule has 1 atom stereocenters. The first-order valence-corrected chi connectivity index (χ1v) is 7.02. The number of imide groups is 1. The Morgan fingerprint density at radius 3 is 2.40 bits per heavy atom. The molecule has 0 aromatic rings. The van der Waals surface area contributed by atoms with Gasteiger partial charge in [-0.2, -0.15) is 0 Å². The molecule has 7 nitrogen and oxygen atoms in total. The highest BCUT2D eigenvalue weighted by Gasteiger charge is 2.48. The van der Waals surface area contributed by atoms with E-state index in [0.29, 0.717) is 38.3 Å². The number of likely N-dealkylation sites (tertiary alicyclic amines) is 1. The average molecular weight is 282 g/mol. The van der Waals surface area contributed by atoms with Crippen molar-refractivity contribution in [2.75, 3.05) is 13.1 Å². The molecule has 0 aromatic carbocycles. The Morgan fingerprint density at radius 1 is 1.35 bits per heavy atom. The number of hydrogen-bond acceptors (Lipinski definition) is 4. The van der Waals surface area contributed by atoms with Gasteiger partial charge < -0.3 is 16.0 Å². The molecule has 0 radical (unpaired) electrons. The van der Waals surface area contributed by atoms with Gasteiger partial charge in [-0.3, -0.25) is 14.9 Å². The van der Waals surface area contributed by atoms with Crippen LogP contribution in [0.2, 0.25) is 0 Å². The van der Waals surface area contributed by atoms with Gasteiger partial charge in [-0.1, -0.05) is 13.8 Å². The van der Waals surface area contributed by atoms with E-state index >= 15 is 0 Å². The fourth-order valence-corrected chi connectivity index (χ4v) is 2.83. The minimum absolute atomic E-state index is 0.0710. The van der Waals surface area contributed by atoms with Crippen LogP contribution < -0.4 is 16.4 Å². The highest BCUT2D eigenvalue weighted by Crippen LogP contribution is 2.26. The summed E-state index contributed by atoms with van der Waals surface area (Å²) in [6.07, 6.45) is 1.52. The molecular formula is C13H22N4O3. The minimum Gasteiger partial charge on any atom is -0.341 e. The number of rotatable bonds is 3. The minimum atomic E-state index is -0.837. The molecule has 2 aliphatic heterocycles. The van der Waals surface area contributed by atoms with Crippen LogP contribution >= 0.6 is 0 Å².